The van der Waals surface area contributed by atoms with E-state index in [0.29, 0.717) is 22.8 Å². The number of rotatable bonds is 5. The van der Waals surface area contributed by atoms with Gasteiger partial charge in [-0.15, -0.1) is 0 Å². The first-order valence-corrected chi connectivity index (χ1v) is 11.0. The fourth-order valence-corrected chi connectivity index (χ4v) is 3.71. The van der Waals surface area contributed by atoms with Crippen molar-refractivity contribution < 1.29 is 9.59 Å². The molecule has 0 radical (unpaired) electrons. The molecular weight excluding hydrogens is 416 g/mol. The van der Waals surface area contributed by atoms with E-state index >= 15 is 0 Å². The summed E-state index contributed by atoms with van der Waals surface area (Å²) in [5, 5.41) is 6.03. The Morgan fingerprint density at radius 3 is 1.94 bits per heavy atom. The van der Waals surface area contributed by atoms with Crippen molar-refractivity contribution in [3.05, 3.63) is 77.1 Å². The summed E-state index contributed by atoms with van der Waals surface area (Å²) in [6, 6.07) is 16.1. The fourth-order valence-electron chi connectivity index (χ4n) is 3.71. The number of carbonyl (C=O) groups excluding carboxylic acids is 2. The summed E-state index contributed by atoms with van der Waals surface area (Å²) >= 11 is 0. The Balaban J connectivity index is 1.35. The summed E-state index contributed by atoms with van der Waals surface area (Å²) < 4.78 is 0. The monoisotopic (exact) mass is 444 g/mol. The number of amides is 2. The van der Waals surface area contributed by atoms with Gasteiger partial charge in [0.05, 0.1) is 0 Å². The van der Waals surface area contributed by atoms with Crippen LogP contribution in [-0.4, -0.2) is 64.8 Å². The van der Waals surface area contributed by atoms with E-state index < -0.39 is 0 Å². The van der Waals surface area contributed by atoms with Gasteiger partial charge >= 0.3 is 0 Å². The third-order valence-electron chi connectivity index (χ3n) is 5.57. The van der Waals surface area contributed by atoms with E-state index in [4.69, 9.17) is 0 Å². The number of benzene rings is 2. The summed E-state index contributed by atoms with van der Waals surface area (Å²) in [6.07, 6.45) is 0. The Bertz CT molecular complexity index is 1120. The number of anilines is 3. The third-order valence-corrected chi connectivity index (χ3v) is 5.57. The maximum absolute atomic E-state index is 12.7. The molecule has 1 aliphatic heterocycles. The molecular formula is C25H28N6O2. The number of hydrogen-bond acceptors (Lipinski definition) is 6. The maximum atomic E-state index is 12.7. The molecule has 2 aromatic carbocycles. The quantitative estimate of drug-likeness (QED) is 0.626. The molecule has 1 aromatic heterocycles. The molecule has 2 N–H and O–H groups in total. The van der Waals surface area contributed by atoms with Crippen molar-refractivity contribution in [2.24, 2.45) is 0 Å². The lowest BCUT2D eigenvalue weighted by Crippen LogP contribution is -2.47. The first-order valence-electron chi connectivity index (χ1n) is 11.0. The number of carbonyl (C=O) groups is 2. The summed E-state index contributed by atoms with van der Waals surface area (Å²) in [5.41, 5.74) is 4.36. The van der Waals surface area contributed by atoms with Crippen LogP contribution in [0.4, 0.5) is 17.3 Å². The Morgan fingerprint density at radius 2 is 1.33 bits per heavy atom. The highest BCUT2D eigenvalue weighted by atomic mass is 16.2. The van der Waals surface area contributed by atoms with Crippen molar-refractivity contribution in [2.45, 2.75) is 13.8 Å². The van der Waals surface area contributed by atoms with Crippen LogP contribution in [0.5, 0.6) is 0 Å². The summed E-state index contributed by atoms with van der Waals surface area (Å²) in [5.74, 6) is 0.329. The van der Waals surface area contributed by atoms with E-state index in [-0.39, 0.29) is 11.8 Å². The number of aromatic nitrogens is 2. The highest BCUT2D eigenvalue weighted by Gasteiger charge is 2.20. The Kier molecular flexibility index (Phi) is 6.65. The molecule has 170 valence electrons. The van der Waals surface area contributed by atoms with Gasteiger partial charge in [-0.1, -0.05) is 0 Å². The van der Waals surface area contributed by atoms with E-state index in [2.05, 4.69) is 32.5 Å². The third kappa shape index (κ3) is 5.72. The minimum Gasteiger partial charge on any atom is -0.336 e. The molecule has 8 heteroatoms. The molecule has 8 nitrogen and oxygen atoms in total. The predicted molar refractivity (Wildman–Crippen MR) is 129 cm³/mol. The van der Waals surface area contributed by atoms with Crippen LogP contribution in [0.25, 0.3) is 0 Å². The van der Waals surface area contributed by atoms with Gasteiger partial charge in [0.1, 0.15) is 0 Å². The molecule has 0 atom stereocenters. The fraction of sp³-hybridized carbons (Fsp3) is 0.280. The van der Waals surface area contributed by atoms with Crippen LogP contribution in [-0.2, 0) is 0 Å². The Labute approximate surface area is 193 Å². The predicted octanol–water partition coefficient (Wildman–Crippen LogP) is 3.48. The number of piperazine rings is 1. The molecule has 33 heavy (non-hydrogen) atoms. The van der Waals surface area contributed by atoms with Crippen molar-refractivity contribution in [3.8, 4) is 0 Å². The van der Waals surface area contributed by atoms with Gasteiger partial charge in [-0.25, -0.2) is 9.97 Å². The highest BCUT2D eigenvalue weighted by Crippen LogP contribution is 2.17. The zero-order valence-electron chi connectivity index (χ0n) is 19.1. The molecule has 0 saturated carbocycles. The van der Waals surface area contributed by atoms with E-state index in [1.807, 2.05) is 36.9 Å². The number of aryl methyl sites for hydroxylation is 2. The lowest BCUT2D eigenvalue weighted by molar-refractivity contribution is 0.0664. The second-order valence-corrected chi connectivity index (χ2v) is 8.30. The van der Waals surface area contributed by atoms with Gasteiger partial charge in [0.15, 0.2) is 0 Å². The van der Waals surface area contributed by atoms with Crippen LogP contribution in [0.3, 0.4) is 0 Å². The maximum Gasteiger partial charge on any atom is 0.255 e. The summed E-state index contributed by atoms with van der Waals surface area (Å²) in [6.45, 7) is 7.06. The number of likely N-dealkylation sites (N-methyl/N-ethyl adjacent to an activating group) is 1. The number of nitrogens with zero attached hydrogens (tertiary/aromatic N) is 4. The molecule has 0 unspecified atom stereocenters. The average Bonchev–Trinajstić information content (AvgIpc) is 2.79. The molecule has 0 spiro atoms. The standard InChI is InChI=1S/C25H28N6O2/c1-17-16-18(2)27-25(26-17)29-22-8-4-19(5-9-22)23(32)28-21-10-6-20(7-11-21)24(33)31-14-12-30(3)13-15-31/h4-11,16H,12-15H2,1-3H3,(H,28,32)(H,26,27,29). The minimum atomic E-state index is -0.220. The zero-order valence-corrected chi connectivity index (χ0v) is 19.1. The smallest absolute Gasteiger partial charge is 0.255 e. The average molecular weight is 445 g/mol. The largest absolute Gasteiger partial charge is 0.336 e. The normalized spacial score (nSPS) is 14.1. The first-order chi connectivity index (χ1) is 15.9. The van der Waals surface area contributed by atoms with Crippen LogP contribution in [0.1, 0.15) is 32.1 Å². The van der Waals surface area contributed by atoms with Crippen molar-refractivity contribution >= 4 is 29.1 Å². The number of hydrogen-bond donors (Lipinski definition) is 2. The molecule has 1 saturated heterocycles. The van der Waals surface area contributed by atoms with E-state index in [0.717, 1.165) is 43.3 Å². The molecule has 2 amide bonds. The van der Waals surface area contributed by atoms with Gasteiger partial charge in [-0.2, -0.15) is 0 Å². The van der Waals surface area contributed by atoms with Gasteiger partial charge < -0.3 is 20.4 Å². The zero-order chi connectivity index (χ0) is 23.4. The van der Waals surface area contributed by atoms with Crippen LogP contribution in [0.15, 0.2) is 54.6 Å². The highest BCUT2D eigenvalue weighted by molar-refractivity contribution is 6.04. The van der Waals surface area contributed by atoms with Crippen LogP contribution >= 0.6 is 0 Å². The Morgan fingerprint density at radius 1 is 0.788 bits per heavy atom. The van der Waals surface area contributed by atoms with E-state index in [1.165, 1.54) is 0 Å². The molecule has 0 aliphatic carbocycles. The first kappa shape index (κ1) is 22.4. The van der Waals surface area contributed by atoms with Crippen molar-refractivity contribution in [1.29, 1.82) is 0 Å². The molecule has 2 heterocycles. The van der Waals surface area contributed by atoms with Crippen LogP contribution in [0, 0.1) is 13.8 Å². The lowest BCUT2D eigenvalue weighted by Gasteiger charge is -2.32. The second kappa shape index (κ2) is 9.79. The Hall–Kier alpha value is -3.78. The van der Waals surface area contributed by atoms with Crippen LogP contribution in [0.2, 0.25) is 0 Å². The molecule has 3 aromatic rings. The lowest BCUT2D eigenvalue weighted by atomic mass is 10.1. The summed E-state index contributed by atoms with van der Waals surface area (Å²) in [7, 11) is 2.06. The van der Waals surface area contributed by atoms with Crippen molar-refractivity contribution in [1.82, 2.24) is 19.8 Å². The van der Waals surface area contributed by atoms with E-state index in [1.54, 1.807) is 36.4 Å². The molecule has 4 rings (SSSR count). The second-order valence-electron chi connectivity index (χ2n) is 8.30. The van der Waals surface area contributed by atoms with Gasteiger partial charge in [-0.3, -0.25) is 9.59 Å². The van der Waals surface area contributed by atoms with Gasteiger partial charge in [0, 0.05) is 60.1 Å². The number of nitrogens with one attached hydrogen (secondary N) is 2. The molecule has 0 bridgehead atoms. The minimum absolute atomic E-state index is 0.0249. The molecule has 1 aliphatic rings. The summed E-state index contributed by atoms with van der Waals surface area (Å²) in [4.78, 5) is 38.1. The van der Waals surface area contributed by atoms with Gasteiger partial charge in [0.2, 0.25) is 5.95 Å². The van der Waals surface area contributed by atoms with Crippen molar-refractivity contribution in [2.75, 3.05) is 43.9 Å². The van der Waals surface area contributed by atoms with E-state index in [9.17, 15) is 9.59 Å². The topological polar surface area (TPSA) is 90.5 Å². The van der Waals surface area contributed by atoms with Crippen LogP contribution < -0.4 is 10.6 Å². The SMILES string of the molecule is Cc1cc(C)nc(Nc2ccc(C(=O)Nc3ccc(C(=O)N4CCN(C)CC4)cc3)cc2)n1. The van der Waals surface area contributed by atoms with Gasteiger partial charge in [0.25, 0.3) is 11.8 Å². The molecule has 1 fully saturated rings. The van der Waals surface area contributed by atoms with Gasteiger partial charge in [-0.05, 0) is 75.5 Å². The van der Waals surface area contributed by atoms with Crippen molar-refractivity contribution in [3.63, 3.8) is 0 Å².